The molecule has 0 saturated carbocycles. The average Bonchev–Trinajstić information content (AvgIpc) is 3.06. The summed E-state index contributed by atoms with van der Waals surface area (Å²) in [6.07, 6.45) is 4.78. The van der Waals surface area contributed by atoms with Gasteiger partial charge >= 0.3 is 0 Å². The minimum absolute atomic E-state index is 0.320. The van der Waals surface area contributed by atoms with Gasteiger partial charge in [-0.1, -0.05) is 48.5 Å². The van der Waals surface area contributed by atoms with Crippen LogP contribution >= 0.6 is 0 Å². The van der Waals surface area contributed by atoms with Crippen LogP contribution in [0.3, 0.4) is 0 Å². The van der Waals surface area contributed by atoms with Gasteiger partial charge in [0.2, 0.25) is 5.91 Å². The Hall–Kier alpha value is -2.33. The third-order valence-electron chi connectivity index (χ3n) is 5.10. The largest absolute Gasteiger partial charge is 0.492 e. The summed E-state index contributed by atoms with van der Waals surface area (Å²) in [7, 11) is 0. The summed E-state index contributed by atoms with van der Waals surface area (Å²) in [5, 5.41) is 3.44. The van der Waals surface area contributed by atoms with E-state index in [1.54, 1.807) is 0 Å². The number of carbonyl (C=O) groups excluding carboxylic acids is 1. The molecule has 3 rings (SSSR count). The van der Waals surface area contributed by atoms with Gasteiger partial charge in [0.1, 0.15) is 12.4 Å². The lowest BCUT2D eigenvalue weighted by Gasteiger charge is -2.25. The van der Waals surface area contributed by atoms with Crippen molar-refractivity contribution in [2.45, 2.75) is 38.1 Å². The van der Waals surface area contributed by atoms with Gasteiger partial charge in [0.05, 0.1) is 0 Å². The Balaban J connectivity index is 1.30. The molecule has 4 nitrogen and oxygen atoms in total. The molecule has 27 heavy (non-hydrogen) atoms. The predicted octanol–water partition coefficient (Wildman–Crippen LogP) is 3.67. The minimum Gasteiger partial charge on any atom is -0.492 e. The van der Waals surface area contributed by atoms with Crippen molar-refractivity contribution in [1.82, 2.24) is 10.2 Å². The van der Waals surface area contributed by atoms with Crippen molar-refractivity contribution in [2.24, 2.45) is 0 Å². The van der Waals surface area contributed by atoms with Crippen molar-refractivity contribution in [3.05, 3.63) is 66.2 Å². The maximum atomic E-state index is 12.2. The molecule has 1 N–H and O–H groups in total. The van der Waals surface area contributed by atoms with Gasteiger partial charge in [-0.05, 0) is 49.9 Å². The van der Waals surface area contributed by atoms with Crippen molar-refractivity contribution in [3.63, 3.8) is 0 Å². The summed E-state index contributed by atoms with van der Waals surface area (Å²) in [6, 6.07) is 20.8. The number of para-hydroxylation sites is 1. The quantitative estimate of drug-likeness (QED) is 0.617. The van der Waals surface area contributed by atoms with Gasteiger partial charge in [0, 0.05) is 25.6 Å². The maximum Gasteiger partial charge on any atom is 0.222 e. The Morgan fingerprint density at radius 3 is 2.52 bits per heavy atom. The second kappa shape index (κ2) is 10.7. The first kappa shape index (κ1) is 19.4. The second-order valence-corrected chi connectivity index (χ2v) is 7.07. The zero-order valence-corrected chi connectivity index (χ0v) is 16.0. The first-order valence-electron chi connectivity index (χ1n) is 10.0. The Kier molecular flexibility index (Phi) is 7.72. The standard InChI is InChI=1S/C23H30N2O2/c26-23-14-13-21(25(23)18-7-10-20-8-3-1-4-9-20)15-16-24-17-19-27-22-11-5-2-6-12-22/h1-6,8-9,11-12,21,24H,7,10,13-19H2. The molecule has 0 aromatic heterocycles. The van der Waals surface area contributed by atoms with Crippen molar-refractivity contribution < 1.29 is 9.53 Å². The van der Waals surface area contributed by atoms with Gasteiger partial charge in [-0.3, -0.25) is 4.79 Å². The molecular weight excluding hydrogens is 336 g/mol. The molecule has 2 aromatic rings. The SMILES string of the molecule is O=C1CCC(CCNCCOc2ccccc2)N1CCCc1ccccc1. The molecule has 144 valence electrons. The van der Waals surface area contributed by atoms with E-state index < -0.39 is 0 Å². The first-order chi connectivity index (χ1) is 13.3. The molecule has 0 radical (unpaired) electrons. The number of hydrogen-bond donors (Lipinski definition) is 1. The van der Waals surface area contributed by atoms with Gasteiger partial charge in [-0.2, -0.15) is 0 Å². The van der Waals surface area contributed by atoms with Crippen LogP contribution in [0.5, 0.6) is 5.75 Å². The van der Waals surface area contributed by atoms with Crippen LogP contribution in [0, 0.1) is 0 Å². The number of nitrogens with zero attached hydrogens (tertiary/aromatic N) is 1. The molecule has 1 amide bonds. The van der Waals surface area contributed by atoms with E-state index in [9.17, 15) is 4.79 Å². The monoisotopic (exact) mass is 366 g/mol. The van der Waals surface area contributed by atoms with Crippen LogP contribution in [-0.4, -0.2) is 43.1 Å². The van der Waals surface area contributed by atoms with E-state index in [-0.39, 0.29) is 0 Å². The van der Waals surface area contributed by atoms with E-state index in [1.807, 2.05) is 36.4 Å². The molecule has 1 fully saturated rings. The number of ether oxygens (including phenoxy) is 1. The Labute approximate surface area is 162 Å². The zero-order valence-electron chi connectivity index (χ0n) is 16.0. The number of amides is 1. The number of hydrogen-bond acceptors (Lipinski definition) is 3. The van der Waals surface area contributed by atoms with Crippen LogP contribution in [0.2, 0.25) is 0 Å². The molecule has 0 spiro atoms. The van der Waals surface area contributed by atoms with Crippen molar-refractivity contribution >= 4 is 5.91 Å². The Bertz CT molecular complexity index is 675. The number of aryl methyl sites for hydroxylation is 1. The van der Waals surface area contributed by atoms with Gasteiger partial charge in [-0.15, -0.1) is 0 Å². The molecule has 1 aliphatic heterocycles. The molecule has 4 heteroatoms. The lowest BCUT2D eigenvalue weighted by molar-refractivity contribution is -0.129. The molecule has 1 atom stereocenters. The van der Waals surface area contributed by atoms with Crippen LogP contribution < -0.4 is 10.1 Å². The van der Waals surface area contributed by atoms with Crippen LogP contribution in [0.1, 0.15) is 31.2 Å². The fourth-order valence-electron chi connectivity index (χ4n) is 3.65. The summed E-state index contributed by atoms with van der Waals surface area (Å²) >= 11 is 0. The van der Waals surface area contributed by atoms with E-state index in [4.69, 9.17) is 4.74 Å². The zero-order chi connectivity index (χ0) is 18.7. The van der Waals surface area contributed by atoms with E-state index in [0.29, 0.717) is 25.0 Å². The molecule has 1 aliphatic rings. The van der Waals surface area contributed by atoms with Crippen molar-refractivity contribution in [2.75, 3.05) is 26.2 Å². The maximum absolute atomic E-state index is 12.2. The van der Waals surface area contributed by atoms with Gasteiger partial charge in [0.15, 0.2) is 0 Å². The summed E-state index contributed by atoms with van der Waals surface area (Å²) < 4.78 is 5.68. The first-order valence-corrected chi connectivity index (χ1v) is 10.0. The van der Waals surface area contributed by atoms with Crippen molar-refractivity contribution in [3.8, 4) is 5.75 Å². The number of nitrogens with one attached hydrogen (secondary N) is 1. The number of carbonyl (C=O) groups is 1. The third kappa shape index (κ3) is 6.40. The van der Waals surface area contributed by atoms with E-state index in [1.165, 1.54) is 5.56 Å². The van der Waals surface area contributed by atoms with E-state index in [2.05, 4.69) is 34.5 Å². The Morgan fingerprint density at radius 1 is 1.00 bits per heavy atom. The number of likely N-dealkylation sites (tertiary alicyclic amines) is 1. The molecule has 1 saturated heterocycles. The molecule has 1 heterocycles. The third-order valence-corrected chi connectivity index (χ3v) is 5.10. The average molecular weight is 367 g/mol. The molecule has 1 unspecified atom stereocenters. The lowest BCUT2D eigenvalue weighted by atomic mass is 10.1. The van der Waals surface area contributed by atoms with Gasteiger partial charge in [0.25, 0.3) is 0 Å². The highest BCUT2D eigenvalue weighted by atomic mass is 16.5. The number of rotatable bonds is 11. The van der Waals surface area contributed by atoms with E-state index in [0.717, 1.165) is 51.1 Å². The second-order valence-electron chi connectivity index (χ2n) is 7.07. The summed E-state index contributed by atoms with van der Waals surface area (Å²) in [5.74, 6) is 1.23. The van der Waals surface area contributed by atoms with Crippen molar-refractivity contribution in [1.29, 1.82) is 0 Å². The van der Waals surface area contributed by atoms with Crippen LogP contribution in [0.15, 0.2) is 60.7 Å². The highest BCUT2D eigenvalue weighted by Crippen LogP contribution is 2.21. The van der Waals surface area contributed by atoms with Crippen LogP contribution in [0.4, 0.5) is 0 Å². The molecule has 2 aromatic carbocycles. The van der Waals surface area contributed by atoms with Gasteiger partial charge in [-0.25, -0.2) is 0 Å². The fourth-order valence-corrected chi connectivity index (χ4v) is 3.65. The highest BCUT2D eigenvalue weighted by molar-refractivity contribution is 5.78. The minimum atomic E-state index is 0.320. The molecule has 0 aliphatic carbocycles. The smallest absolute Gasteiger partial charge is 0.222 e. The normalized spacial score (nSPS) is 16.7. The summed E-state index contributed by atoms with van der Waals surface area (Å²) in [5.41, 5.74) is 1.35. The number of benzene rings is 2. The van der Waals surface area contributed by atoms with Gasteiger partial charge < -0.3 is 15.0 Å². The summed E-state index contributed by atoms with van der Waals surface area (Å²) in [6.45, 7) is 3.28. The molecule has 0 bridgehead atoms. The topological polar surface area (TPSA) is 41.6 Å². The highest BCUT2D eigenvalue weighted by Gasteiger charge is 2.29. The lowest BCUT2D eigenvalue weighted by Crippen LogP contribution is -2.36. The Morgan fingerprint density at radius 2 is 1.74 bits per heavy atom. The fraction of sp³-hybridized carbons (Fsp3) is 0.435. The molecular formula is C23H30N2O2. The van der Waals surface area contributed by atoms with Crippen LogP contribution in [0.25, 0.3) is 0 Å². The van der Waals surface area contributed by atoms with Crippen LogP contribution in [-0.2, 0) is 11.2 Å². The van der Waals surface area contributed by atoms with E-state index >= 15 is 0 Å². The summed E-state index contributed by atoms with van der Waals surface area (Å²) in [4.78, 5) is 14.3. The predicted molar refractivity (Wildman–Crippen MR) is 109 cm³/mol.